The van der Waals surface area contributed by atoms with Crippen molar-refractivity contribution in [3.8, 4) is 22.6 Å². The van der Waals surface area contributed by atoms with Crippen LogP contribution in [0, 0.1) is 0 Å². The number of aromatic nitrogens is 6. The molecule has 0 aromatic carbocycles. The Balaban J connectivity index is 1.52. The van der Waals surface area contributed by atoms with Crippen LogP contribution in [0.4, 0.5) is 0 Å². The van der Waals surface area contributed by atoms with Gasteiger partial charge in [0.05, 0.1) is 34.8 Å². The molecule has 5 aromatic rings. The van der Waals surface area contributed by atoms with Crippen molar-refractivity contribution in [2.75, 3.05) is 0 Å². The molecule has 0 spiro atoms. The molecule has 6 rings (SSSR count). The smallest absolute Gasteiger partial charge is 0.116 e. The van der Waals surface area contributed by atoms with Crippen LogP contribution in [0.25, 0.3) is 50.0 Å². The maximum Gasteiger partial charge on any atom is 0.116 e. The van der Waals surface area contributed by atoms with Crippen LogP contribution < -0.4 is 0 Å². The molecule has 0 bridgehead atoms. The average molecular weight is 376 g/mol. The zero-order valence-electron chi connectivity index (χ0n) is 15.4. The van der Waals surface area contributed by atoms with Crippen molar-refractivity contribution in [1.29, 1.82) is 0 Å². The van der Waals surface area contributed by atoms with Crippen LogP contribution in [0.1, 0.15) is 12.0 Å². The molecule has 138 valence electrons. The quantitative estimate of drug-likeness (QED) is 0.469. The third-order valence-electron chi connectivity index (χ3n) is 5.31. The van der Waals surface area contributed by atoms with Gasteiger partial charge in [-0.05, 0) is 36.3 Å². The molecular weight excluding hydrogens is 360 g/mol. The second-order valence-corrected chi connectivity index (χ2v) is 7.05. The molecule has 1 aliphatic carbocycles. The highest BCUT2D eigenvalue weighted by Gasteiger charge is 2.15. The van der Waals surface area contributed by atoms with Crippen LogP contribution in [0.3, 0.4) is 0 Å². The number of fused-ring (bicyclic) bond motifs is 2. The Kier molecular flexibility index (Phi) is 3.43. The van der Waals surface area contributed by atoms with Gasteiger partial charge in [0, 0.05) is 40.5 Å². The molecule has 5 heterocycles. The van der Waals surface area contributed by atoms with Crippen molar-refractivity contribution in [2.24, 2.45) is 0 Å². The maximum atomic E-state index is 4.57. The molecule has 0 radical (unpaired) electrons. The standard InChI is InChI=1S/C23H16N6/c1-2-4-14(3-1)18-11-25-12-21-16(18)9-20(27-21)23-17-10-19(15-5-7-24-8-6-15)26-13-22(17)28-29-23/h1,3-13,27H,2H2,(H,28,29). The summed E-state index contributed by atoms with van der Waals surface area (Å²) in [5, 5.41) is 9.83. The lowest BCUT2D eigenvalue weighted by Gasteiger charge is -2.01. The summed E-state index contributed by atoms with van der Waals surface area (Å²) in [7, 11) is 0. The number of nitrogens with zero attached hydrogens (tertiary/aromatic N) is 4. The fourth-order valence-corrected chi connectivity index (χ4v) is 3.87. The van der Waals surface area contributed by atoms with Crippen molar-refractivity contribution in [3.05, 3.63) is 79.0 Å². The van der Waals surface area contributed by atoms with E-state index in [9.17, 15) is 0 Å². The van der Waals surface area contributed by atoms with Gasteiger partial charge >= 0.3 is 0 Å². The van der Waals surface area contributed by atoms with Gasteiger partial charge in [-0.2, -0.15) is 5.10 Å². The minimum atomic E-state index is 0.871. The molecule has 0 fully saturated rings. The number of nitrogens with one attached hydrogen (secondary N) is 2. The molecule has 0 atom stereocenters. The monoisotopic (exact) mass is 376 g/mol. The van der Waals surface area contributed by atoms with Gasteiger partial charge in [-0.15, -0.1) is 0 Å². The van der Waals surface area contributed by atoms with Crippen molar-refractivity contribution in [2.45, 2.75) is 6.42 Å². The lowest BCUT2D eigenvalue weighted by atomic mass is 10.0. The van der Waals surface area contributed by atoms with Gasteiger partial charge in [0.25, 0.3) is 0 Å². The van der Waals surface area contributed by atoms with E-state index < -0.39 is 0 Å². The molecule has 0 saturated carbocycles. The first kappa shape index (κ1) is 15.9. The van der Waals surface area contributed by atoms with Crippen LogP contribution in [0.15, 0.2) is 73.5 Å². The predicted octanol–water partition coefficient (Wildman–Crippen LogP) is 4.91. The molecule has 29 heavy (non-hydrogen) atoms. The van der Waals surface area contributed by atoms with Crippen LogP contribution in [0.5, 0.6) is 0 Å². The Morgan fingerprint density at radius 3 is 2.69 bits per heavy atom. The second kappa shape index (κ2) is 6.24. The SMILES string of the molecule is C1=CC(c2cncc3[nH]c(-c4n[nH]c5cnc(-c6ccncc6)cc45)cc23)=CC1. The second-order valence-electron chi connectivity index (χ2n) is 7.05. The van der Waals surface area contributed by atoms with Crippen LogP contribution in [0.2, 0.25) is 0 Å². The molecule has 0 saturated heterocycles. The highest BCUT2D eigenvalue weighted by molar-refractivity contribution is 6.00. The lowest BCUT2D eigenvalue weighted by molar-refractivity contribution is 1.11. The first-order chi connectivity index (χ1) is 14.4. The lowest BCUT2D eigenvalue weighted by Crippen LogP contribution is -1.84. The van der Waals surface area contributed by atoms with E-state index in [1.165, 1.54) is 5.57 Å². The van der Waals surface area contributed by atoms with Crippen molar-refractivity contribution in [3.63, 3.8) is 0 Å². The third kappa shape index (κ3) is 2.57. The maximum absolute atomic E-state index is 4.57. The molecule has 5 aromatic heterocycles. The van der Waals surface area contributed by atoms with E-state index >= 15 is 0 Å². The highest BCUT2D eigenvalue weighted by atomic mass is 15.1. The first-order valence-corrected chi connectivity index (χ1v) is 9.45. The molecule has 0 aliphatic heterocycles. The van der Waals surface area contributed by atoms with Crippen molar-refractivity contribution in [1.82, 2.24) is 30.1 Å². The van der Waals surface area contributed by atoms with Gasteiger partial charge in [-0.3, -0.25) is 20.1 Å². The van der Waals surface area contributed by atoms with Crippen LogP contribution in [-0.2, 0) is 0 Å². The summed E-state index contributed by atoms with van der Waals surface area (Å²) in [6.07, 6.45) is 16.7. The summed E-state index contributed by atoms with van der Waals surface area (Å²) in [6.45, 7) is 0. The van der Waals surface area contributed by atoms with Gasteiger partial charge in [-0.25, -0.2) is 0 Å². The average Bonchev–Trinajstić information content (AvgIpc) is 3.52. The van der Waals surface area contributed by atoms with Crippen molar-refractivity contribution < 1.29 is 0 Å². The molecule has 6 heteroatoms. The van der Waals surface area contributed by atoms with E-state index in [4.69, 9.17) is 0 Å². The van der Waals surface area contributed by atoms with Crippen molar-refractivity contribution >= 4 is 27.4 Å². The number of pyridine rings is 3. The Morgan fingerprint density at radius 1 is 0.897 bits per heavy atom. The number of hydrogen-bond acceptors (Lipinski definition) is 4. The van der Waals surface area contributed by atoms with E-state index in [2.05, 4.69) is 60.5 Å². The van der Waals surface area contributed by atoms with E-state index in [1.807, 2.05) is 30.7 Å². The summed E-state index contributed by atoms with van der Waals surface area (Å²) in [6, 6.07) is 8.13. The summed E-state index contributed by atoms with van der Waals surface area (Å²) in [4.78, 5) is 16.6. The number of allylic oxidation sites excluding steroid dienone is 4. The summed E-state index contributed by atoms with van der Waals surface area (Å²) >= 11 is 0. The van der Waals surface area contributed by atoms with E-state index in [1.54, 1.807) is 12.4 Å². The molecule has 6 nitrogen and oxygen atoms in total. The number of aromatic amines is 2. The number of rotatable bonds is 3. The normalized spacial score (nSPS) is 13.4. The van der Waals surface area contributed by atoms with E-state index in [0.29, 0.717) is 0 Å². The Hall–Kier alpha value is -4.06. The van der Waals surface area contributed by atoms with Gasteiger partial charge in [0.2, 0.25) is 0 Å². The van der Waals surface area contributed by atoms with Crippen LogP contribution >= 0.6 is 0 Å². The molecule has 2 N–H and O–H groups in total. The van der Waals surface area contributed by atoms with Gasteiger partial charge in [0.1, 0.15) is 5.69 Å². The van der Waals surface area contributed by atoms with Gasteiger partial charge < -0.3 is 4.98 Å². The summed E-state index contributed by atoms with van der Waals surface area (Å²) < 4.78 is 0. The zero-order chi connectivity index (χ0) is 19.2. The first-order valence-electron chi connectivity index (χ1n) is 9.45. The fraction of sp³-hybridized carbons (Fsp3) is 0.0435. The Bertz CT molecular complexity index is 1420. The van der Waals surface area contributed by atoms with E-state index in [-0.39, 0.29) is 0 Å². The third-order valence-corrected chi connectivity index (χ3v) is 5.31. The largest absolute Gasteiger partial charge is 0.352 e. The fourth-order valence-electron chi connectivity index (χ4n) is 3.87. The molecule has 1 aliphatic rings. The number of H-pyrrole nitrogens is 2. The molecule has 0 amide bonds. The van der Waals surface area contributed by atoms with Gasteiger partial charge in [-0.1, -0.05) is 18.2 Å². The highest BCUT2D eigenvalue weighted by Crippen LogP contribution is 2.34. The molecule has 0 unspecified atom stereocenters. The van der Waals surface area contributed by atoms with E-state index in [0.717, 1.165) is 56.4 Å². The summed E-state index contributed by atoms with van der Waals surface area (Å²) in [5.41, 5.74) is 7.99. The van der Waals surface area contributed by atoms with Gasteiger partial charge in [0.15, 0.2) is 0 Å². The topological polar surface area (TPSA) is 83.1 Å². The predicted molar refractivity (Wildman–Crippen MR) is 114 cm³/mol. The summed E-state index contributed by atoms with van der Waals surface area (Å²) in [5.74, 6) is 0. The Labute approximate surface area is 166 Å². The minimum absolute atomic E-state index is 0.871. The zero-order valence-corrected chi connectivity index (χ0v) is 15.4. The minimum Gasteiger partial charge on any atom is -0.352 e. The molecular formula is C23H16N6. The number of hydrogen-bond donors (Lipinski definition) is 2. The Morgan fingerprint density at radius 2 is 1.83 bits per heavy atom. The van der Waals surface area contributed by atoms with Crippen LogP contribution in [-0.4, -0.2) is 30.1 Å².